The Hall–Kier alpha value is -2.50. The fourth-order valence-corrected chi connectivity index (χ4v) is 5.08. The maximum absolute atomic E-state index is 12.0. The van der Waals surface area contributed by atoms with Gasteiger partial charge in [-0.2, -0.15) is 26.3 Å². The molecule has 0 saturated carbocycles. The van der Waals surface area contributed by atoms with Crippen molar-refractivity contribution in [3.05, 3.63) is 30.1 Å². The van der Waals surface area contributed by atoms with Gasteiger partial charge < -0.3 is 14.9 Å². The molecule has 1 spiro atoms. The lowest BCUT2D eigenvalue weighted by molar-refractivity contribution is -0.193. The van der Waals surface area contributed by atoms with Gasteiger partial charge in [-0.1, -0.05) is 0 Å². The number of piperidine rings is 1. The highest BCUT2D eigenvalue weighted by Gasteiger charge is 2.50. The predicted octanol–water partition coefficient (Wildman–Crippen LogP) is 2.47. The van der Waals surface area contributed by atoms with Crippen LogP contribution in [0.1, 0.15) is 18.4 Å². The van der Waals surface area contributed by atoms with Crippen LogP contribution in [0, 0.1) is 11.3 Å². The van der Waals surface area contributed by atoms with E-state index in [0.717, 1.165) is 32.5 Å². The first-order chi connectivity index (χ1) is 17.3. The topological polar surface area (TPSA) is 137 Å². The summed E-state index contributed by atoms with van der Waals surface area (Å²) in [5.74, 6) is -5.22. The number of rotatable bonds is 5. The zero-order chi connectivity index (χ0) is 29.4. The number of pyridine rings is 1. The maximum Gasteiger partial charge on any atom is 0.490 e. The summed E-state index contributed by atoms with van der Waals surface area (Å²) in [6.45, 7) is 4.81. The number of carboxylic acid groups (broad SMARTS) is 2. The molecule has 38 heavy (non-hydrogen) atoms. The summed E-state index contributed by atoms with van der Waals surface area (Å²) in [6, 6.07) is 4.11. The Morgan fingerprint density at radius 2 is 1.50 bits per heavy atom. The Balaban J connectivity index is 0.000000426. The number of aromatic nitrogens is 1. The lowest BCUT2D eigenvalue weighted by Crippen LogP contribution is -2.45. The van der Waals surface area contributed by atoms with Gasteiger partial charge in [-0.15, -0.1) is 0 Å². The molecule has 0 aliphatic carbocycles. The van der Waals surface area contributed by atoms with Gasteiger partial charge >= 0.3 is 24.3 Å². The molecule has 17 heteroatoms. The molecule has 218 valence electrons. The van der Waals surface area contributed by atoms with E-state index in [1.54, 1.807) is 11.4 Å². The Bertz CT molecular complexity index is 990. The van der Waals surface area contributed by atoms with E-state index < -0.39 is 34.3 Å². The highest BCUT2D eigenvalue weighted by molar-refractivity contribution is 7.88. The van der Waals surface area contributed by atoms with Crippen LogP contribution in [-0.2, 0) is 30.9 Å². The summed E-state index contributed by atoms with van der Waals surface area (Å²) in [5, 5.41) is 14.2. The van der Waals surface area contributed by atoms with Crippen LogP contribution in [0.2, 0.25) is 0 Å². The number of ether oxygens (including phenoxy) is 1. The molecule has 0 radical (unpaired) electrons. The molecular weight excluding hydrogens is 552 g/mol. The molecule has 10 nitrogen and oxygen atoms in total. The predicted molar refractivity (Wildman–Crippen MR) is 120 cm³/mol. The average Bonchev–Trinajstić information content (AvgIpc) is 3.14. The van der Waals surface area contributed by atoms with E-state index >= 15 is 0 Å². The summed E-state index contributed by atoms with van der Waals surface area (Å²) < 4.78 is 94.5. The van der Waals surface area contributed by atoms with E-state index in [1.807, 2.05) is 12.4 Å². The summed E-state index contributed by atoms with van der Waals surface area (Å²) in [4.78, 5) is 24.3. The highest BCUT2D eigenvalue weighted by atomic mass is 32.2. The largest absolute Gasteiger partial charge is 0.490 e. The molecule has 0 amide bonds. The maximum atomic E-state index is 12.0. The van der Waals surface area contributed by atoms with Crippen molar-refractivity contribution < 1.29 is 59.3 Å². The third-order valence-electron chi connectivity index (χ3n) is 6.11. The van der Waals surface area contributed by atoms with Crippen molar-refractivity contribution in [2.75, 3.05) is 46.2 Å². The Morgan fingerprint density at radius 1 is 1.05 bits per heavy atom. The molecule has 2 saturated heterocycles. The van der Waals surface area contributed by atoms with E-state index in [9.17, 15) is 34.8 Å². The number of methoxy groups -OCH3 is 1. The molecule has 1 aromatic rings. The number of sulfonamides is 1. The number of carbonyl (C=O) groups is 2. The number of carboxylic acids is 2. The number of hydrogen-bond acceptors (Lipinski definition) is 7. The molecule has 1 aromatic heterocycles. The molecule has 1 atom stereocenters. The number of nitrogens with zero attached hydrogens (tertiary/aromatic N) is 3. The molecule has 2 aliphatic heterocycles. The van der Waals surface area contributed by atoms with Gasteiger partial charge in [-0.05, 0) is 49.0 Å². The van der Waals surface area contributed by atoms with Crippen LogP contribution < -0.4 is 0 Å². The molecule has 0 aromatic carbocycles. The zero-order valence-corrected chi connectivity index (χ0v) is 21.3. The van der Waals surface area contributed by atoms with Gasteiger partial charge in [0.2, 0.25) is 10.0 Å². The second kappa shape index (κ2) is 13.5. The van der Waals surface area contributed by atoms with Crippen LogP contribution in [0.3, 0.4) is 0 Å². The lowest BCUT2D eigenvalue weighted by atomic mass is 9.71. The molecule has 3 heterocycles. The van der Waals surface area contributed by atoms with E-state index in [0.29, 0.717) is 25.6 Å². The van der Waals surface area contributed by atoms with Crippen molar-refractivity contribution in [2.45, 2.75) is 31.7 Å². The zero-order valence-electron chi connectivity index (χ0n) is 20.5. The van der Waals surface area contributed by atoms with Gasteiger partial charge in [-0.25, -0.2) is 22.3 Å². The number of aliphatic carboxylic acids is 2. The second-order valence-corrected chi connectivity index (χ2v) is 10.8. The van der Waals surface area contributed by atoms with Crippen molar-refractivity contribution in [3.8, 4) is 0 Å². The van der Waals surface area contributed by atoms with Crippen molar-refractivity contribution >= 4 is 22.0 Å². The molecule has 3 rings (SSSR count). The van der Waals surface area contributed by atoms with Gasteiger partial charge in [0.05, 0.1) is 12.9 Å². The Labute approximate surface area is 215 Å². The standard InChI is InChI=1S/C17H27N3O3S.2C2HF3O2/c1-23-13-16-12-20(24(2,21)22)14-17(16)5-9-19(10-6-17)11-15-3-7-18-8-4-15;2*3-2(4,5)1(6)7/h3-4,7-8,16H,5-6,9-14H2,1-2H3;2*(H,6,7). The second-order valence-electron chi connectivity index (χ2n) is 8.81. The SMILES string of the molecule is COCC1CN(S(C)(=O)=O)CC12CCN(Cc1ccncc1)CC2.O=C(O)C(F)(F)F.O=C(O)C(F)(F)F. The Kier molecular flexibility index (Phi) is 11.9. The van der Waals surface area contributed by atoms with E-state index in [4.69, 9.17) is 24.5 Å². The van der Waals surface area contributed by atoms with E-state index in [2.05, 4.69) is 22.0 Å². The van der Waals surface area contributed by atoms with Crippen LogP contribution in [-0.4, -0.2) is 103 Å². The van der Waals surface area contributed by atoms with Crippen molar-refractivity contribution in [1.82, 2.24) is 14.2 Å². The summed E-state index contributed by atoms with van der Waals surface area (Å²) >= 11 is 0. The quantitative estimate of drug-likeness (QED) is 0.503. The minimum absolute atomic E-state index is 0.0633. The van der Waals surface area contributed by atoms with Crippen molar-refractivity contribution in [3.63, 3.8) is 0 Å². The van der Waals surface area contributed by atoms with Gasteiger partial charge in [0, 0.05) is 45.1 Å². The van der Waals surface area contributed by atoms with Crippen LogP contribution in [0.5, 0.6) is 0 Å². The number of alkyl halides is 6. The third kappa shape index (κ3) is 10.7. The molecule has 2 aliphatic rings. The number of halogens is 6. The summed E-state index contributed by atoms with van der Waals surface area (Å²) in [6.07, 6.45) is -3.14. The van der Waals surface area contributed by atoms with E-state index in [1.165, 1.54) is 11.8 Å². The van der Waals surface area contributed by atoms with Gasteiger partial charge in [0.25, 0.3) is 0 Å². The molecule has 0 bridgehead atoms. The first-order valence-electron chi connectivity index (χ1n) is 11.0. The normalized spacial score (nSPS) is 20.2. The van der Waals surface area contributed by atoms with Crippen LogP contribution in [0.4, 0.5) is 26.3 Å². The highest BCUT2D eigenvalue weighted by Crippen LogP contribution is 2.45. The first-order valence-corrected chi connectivity index (χ1v) is 12.8. The molecular formula is C21H29F6N3O7S. The summed E-state index contributed by atoms with van der Waals surface area (Å²) in [7, 11) is -1.43. The molecule has 1 unspecified atom stereocenters. The minimum Gasteiger partial charge on any atom is -0.475 e. The smallest absolute Gasteiger partial charge is 0.475 e. The van der Waals surface area contributed by atoms with E-state index in [-0.39, 0.29) is 5.41 Å². The van der Waals surface area contributed by atoms with Crippen molar-refractivity contribution in [2.24, 2.45) is 11.3 Å². The number of likely N-dealkylation sites (tertiary alicyclic amines) is 1. The third-order valence-corrected chi connectivity index (χ3v) is 7.33. The lowest BCUT2D eigenvalue weighted by Gasteiger charge is -2.42. The van der Waals surface area contributed by atoms with Crippen LogP contribution >= 0.6 is 0 Å². The Morgan fingerprint density at radius 3 is 1.87 bits per heavy atom. The van der Waals surface area contributed by atoms with Gasteiger partial charge in [-0.3, -0.25) is 9.88 Å². The summed E-state index contributed by atoms with van der Waals surface area (Å²) in [5.41, 5.74) is 1.34. The molecule has 2 fully saturated rings. The van der Waals surface area contributed by atoms with Gasteiger partial charge in [0.15, 0.2) is 0 Å². The van der Waals surface area contributed by atoms with Crippen molar-refractivity contribution in [1.29, 1.82) is 0 Å². The first kappa shape index (κ1) is 33.5. The van der Waals surface area contributed by atoms with Gasteiger partial charge in [0.1, 0.15) is 0 Å². The fraction of sp³-hybridized carbons (Fsp3) is 0.667. The number of hydrogen-bond donors (Lipinski definition) is 2. The monoisotopic (exact) mass is 581 g/mol. The molecule has 2 N–H and O–H groups in total. The van der Waals surface area contributed by atoms with Crippen LogP contribution in [0.25, 0.3) is 0 Å². The van der Waals surface area contributed by atoms with Crippen LogP contribution in [0.15, 0.2) is 24.5 Å². The average molecular weight is 582 g/mol. The minimum atomic E-state index is -5.08. The fourth-order valence-electron chi connectivity index (χ4n) is 4.14.